The number of carboxylic acid groups (broad SMARTS) is 1. The van der Waals surface area contributed by atoms with Gasteiger partial charge in [-0.2, -0.15) is 0 Å². The van der Waals surface area contributed by atoms with Gasteiger partial charge in [-0.1, -0.05) is 47.7 Å². The standard InChI is InChI=1S/C12H13N.C11H9FN2O2S/c1-9(13)11-7-6-10-4-2-3-5-12(10)8-11;1-6-9(10(15)16)17-11(13-6)14-8-4-2-7(12)3-5-8/h2-9H,13H2,1H3;2-5H,1H3,(H,13,14)(H,15,16)/t9-;/m1./s1. The maximum atomic E-state index is 12.7. The molecule has 3 aromatic carbocycles. The van der Waals surface area contributed by atoms with Gasteiger partial charge in [0.1, 0.15) is 10.7 Å². The van der Waals surface area contributed by atoms with Crippen molar-refractivity contribution in [1.82, 2.24) is 4.98 Å². The van der Waals surface area contributed by atoms with Gasteiger partial charge in [-0.15, -0.1) is 0 Å². The number of rotatable bonds is 4. The molecule has 0 bridgehead atoms. The third-order valence-electron chi connectivity index (χ3n) is 4.39. The number of thiazole rings is 1. The number of benzene rings is 3. The Labute approximate surface area is 178 Å². The summed E-state index contributed by atoms with van der Waals surface area (Å²) in [7, 11) is 0. The first-order chi connectivity index (χ1) is 14.3. The number of aromatic nitrogens is 1. The first-order valence-electron chi connectivity index (χ1n) is 9.31. The molecule has 4 aromatic rings. The van der Waals surface area contributed by atoms with Gasteiger partial charge in [0.15, 0.2) is 5.13 Å². The predicted molar refractivity (Wildman–Crippen MR) is 120 cm³/mol. The van der Waals surface area contributed by atoms with E-state index in [1.54, 1.807) is 19.1 Å². The summed E-state index contributed by atoms with van der Waals surface area (Å²) in [4.78, 5) is 15.1. The molecule has 0 amide bonds. The molecule has 4 rings (SSSR count). The molecule has 4 N–H and O–H groups in total. The zero-order chi connectivity index (χ0) is 21.7. The summed E-state index contributed by atoms with van der Waals surface area (Å²) in [5, 5.41) is 14.8. The zero-order valence-corrected chi connectivity index (χ0v) is 17.4. The zero-order valence-electron chi connectivity index (χ0n) is 16.6. The van der Waals surface area contributed by atoms with Crippen LogP contribution in [0.4, 0.5) is 15.2 Å². The molecule has 30 heavy (non-hydrogen) atoms. The highest BCUT2D eigenvalue weighted by Crippen LogP contribution is 2.25. The number of nitrogens with one attached hydrogen (secondary N) is 1. The highest BCUT2D eigenvalue weighted by Gasteiger charge is 2.13. The van der Waals surface area contributed by atoms with Crippen LogP contribution in [0.25, 0.3) is 10.8 Å². The molecule has 0 aliphatic carbocycles. The van der Waals surface area contributed by atoms with Gasteiger partial charge in [-0.05, 0) is 60.5 Å². The van der Waals surface area contributed by atoms with Crippen molar-refractivity contribution >= 4 is 38.9 Å². The molecule has 0 aliphatic heterocycles. The SMILES string of the molecule is C[C@@H](N)c1ccc2ccccc2c1.Cc1nc(Nc2ccc(F)cc2)sc1C(=O)O. The van der Waals surface area contributed by atoms with Gasteiger partial charge in [-0.25, -0.2) is 14.2 Å². The first kappa shape index (κ1) is 21.4. The third kappa shape index (κ3) is 5.40. The van der Waals surface area contributed by atoms with Gasteiger partial charge in [0, 0.05) is 11.7 Å². The Hall–Kier alpha value is -3.29. The Balaban J connectivity index is 0.000000177. The molecule has 1 heterocycles. The van der Waals surface area contributed by atoms with E-state index in [4.69, 9.17) is 10.8 Å². The number of aromatic carboxylic acids is 1. The minimum atomic E-state index is -0.993. The van der Waals surface area contributed by atoms with Gasteiger partial charge in [-0.3, -0.25) is 0 Å². The van der Waals surface area contributed by atoms with E-state index in [1.807, 2.05) is 19.1 Å². The van der Waals surface area contributed by atoms with Crippen LogP contribution in [0.3, 0.4) is 0 Å². The van der Waals surface area contributed by atoms with Crippen molar-refractivity contribution in [2.45, 2.75) is 19.9 Å². The molecule has 0 saturated carbocycles. The molecule has 0 spiro atoms. The second-order valence-corrected chi connectivity index (χ2v) is 7.76. The first-order valence-corrected chi connectivity index (χ1v) is 10.1. The van der Waals surface area contributed by atoms with Crippen molar-refractivity contribution in [2.75, 3.05) is 5.32 Å². The highest BCUT2D eigenvalue weighted by atomic mass is 32.1. The second-order valence-electron chi connectivity index (χ2n) is 6.77. The Morgan fingerprint density at radius 1 is 1.10 bits per heavy atom. The van der Waals surface area contributed by atoms with Crippen molar-refractivity contribution in [1.29, 1.82) is 0 Å². The molecule has 0 saturated heterocycles. The van der Waals surface area contributed by atoms with Crippen LogP contribution in [-0.4, -0.2) is 16.1 Å². The molecular formula is C23H22FN3O2S. The van der Waals surface area contributed by atoms with Crippen LogP contribution in [-0.2, 0) is 0 Å². The maximum Gasteiger partial charge on any atom is 0.347 e. The van der Waals surface area contributed by atoms with Gasteiger partial charge in [0.05, 0.1) is 5.69 Å². The van der Waals surface area contributed by atoms with E-state index >= 15 is 0 Å². The van der Waals surface area contributed by atoms with E-state index in [2.05, 4.69) is 40.6 Å². The molecule has 1 aromatic heterocycles. The number of carbonyl (C=O) groups is 1. The lowest BCUT2D eigenvalue weighted by atomic mass is 10.0. The number of nitrogens with zero attached hydrogens (tertiary/aromatic N) is 1. The number of anilines is 2. The molecule has 1 atom stereocenters. The van der Waals surface area contributed by atoms with E-state index in [-0.39, 0.29) is 16.7 Å². The number of carboxylic acids is 1. The Morgan fingerprint density at radius 3 is 2.37 bits per heavy atom. The van der Waals surface area contributed by atoms with Gasteiger partial charge in [0.2, 0.25) is 0 Å². The number of aryl methyl sites for hydroxylation is 1. The highest BCUT2D eigenvalue weighted by molar-refractivity contribution is 7.17. The summed E-state index contributed by atoms with van der Waals surface area (Å²) >= 11 is 1.05. The number of halogens is 1. The van der Waals surface area contributed by atoms with E-state index in [1.165, 1.54) is 28.5 Å². The normalized spacial score (nSPS) is 11.5. The number of nitrogens with two attached hydrogens (primary N) is 1. The number of fused-ring (bicyclic) bond motifs is 1. The van der Waals surface area contributed by atoms with Crippen LogP contribution in [0, 0.1) is 12.7 Å². The van der Waals surface area contributed by atoms with Crippen LogP contribution in [0.5, 0.6) is 0 Å². The fourth-order valence-electron chi connectivity index (χ4n) is 2.80. The predicted octanol–water partition coefficient (Wildman–Crippen LogP) is 5.89. The summed E-state index contributed by atoms with van der Waals surface area (Å²) in [6.07, 6.45) is 0. The Morgan fingerprint density at radius 2 is 1.77 bits per heavy atom. The van der Waals surface area contributed by atoms with Crippen LogP contribution in [0.15, 0.2) is 66.7 Å². The Kier molecular flexibility index (Phi) is 6.76. The lowest BCUT2D eigenvalue weighted by Crippen LogP contribution is -2.04. The van der Waals surface area contributed by atoms with Crippen LogP contribution in [0.2, 0.25) is 0 Å². The van der Waals surface area contributed by atoms with Gasteiger partial charge >= 0.3 is 5.97 Å². The Bertz CT molecular complexity index is 1160. The van der Waals surface area contributed by atoms with Crippen molar-refractivity contribution in [3.63, 3.8) is 0 Å². The number of hydrogen-bond donors (Lipinski definition) is 3. The van der Waals surface area contributed by atoms with Gasteiger partial charge in [0.25, 0.3) is 0 Å². The number of hydrogen-bond acceptors (Lipinski definition) is 5. The molecule has 7 heteroatoms. The molecule has 0 fully saturated rings. The maximum absolute atomic E-state index is 12.7. The smallest absolute Gasteiger partial charge is 0.347 e. The minimum absolute atomic E-state index is 0.115. The monoisotopic (exact) mass is 423 g/mol. The summed E-state index contributed by atoms with van der Waals surface area (Å²) in [5.74, 6) is -1.32. The summed E-state index contributed by atoms with van der Waals surface area (Å²) in [5.41, 5.74) is 8.13. The molecule has 0 radical (unpaired) electrons. The van der Waals surface area contributed by atoms with Crippen molar-refractivity contribution in [3.8, 4) is 0 Å². The lowest BCUT2D eigenvalue weighted by Gasteiger charge is -2.06. The average Bonchev–Trinajstić information content (AvgIpc) is 3.10. The van der Waals surface area contributed by atoms with E-state index in [0.29, 0.717) is 16.5 Å². The lowest BCUT2D eigenvalue weighted by molar-refractivity contribution is 0.0701. The minimum Gasteiger partial charge on any atom is -0.477 e. The largest absolute Gasteiger partial charge is 0.477 e. The van der Waals surface area contributed by atoms with Crippen molar-refractivity contribution in [3.05, 3.63) is 88.7 Å². The van der Waals surface area contributed by atoms with E-state index in [9.17, 15) is 9.18 Å². The van der Waals surface area contributed by atoms with Crippen molar-refractivity contribution in [2.24, 2.45) is 5.73 Å². The fraction of sp³-hybridized carbons (Fsp3) is 0.130. The quantitative estimate of drug-likeness (QED) is 0.381. The van der Waals surface area contributed by atoms with Gasteiger partial charge < -0.3 is 16.2 Å². The third-order valence-corrected chi connectivity index (χ3v) is 5.45. The van der Waals surface area contributed by atoms with Crippen LogP contribution in [0.1, 0.15) is 33.9 Å². The molecule has 5 nitrogen and oxygen atoms in total. The van der Waals surface area contributed by atoms with E-state index < -0.39 is 5.97 Å². The van der Waals surface area contributed by atoms with Crippen LogP contribution < -0.4 is 11.1 Å². The summed E-state index contributed by atoms with van der Waals surface area (Å²) in [6, 6.07) is 20.6. The summed E-state index contributed by atoms with van der Waals surface area (Å²) < 4.78 is 12.7. The van der Waals surface area contributed by atoms with Crippen LogP contribution >= 0.6 is 11.3 Å². The molecule has 0 unspecified atom stereocenters. The molecule has 154 valence electrons. The fourth-order valence-corrected chi connectivity index (χ4v) is 3.62. The average molecular weight is 424 g/mol. The second kappa shape index (κ2) is 9.47. The summed E-state index contributed by atoms with van der Waals surface area (Å²) in [6.45, 7) is 3.64. The topological polar surface area (TPSA) is 88.2 Å². The van der Waals surface area contributed by atoms with E-state index in [0.717, 1.165) is 11.3 Å². The molecular weight excluding hydrogens is 401 g/mol. The van der Waals surface area contributed by atoms with Crippen molar-refractivity contribution < 1.29 is 14.3 Å². The molecule has 0 aliphatic rings.